The molecule has 0 fully saturated rings. The molecule has 1 aromatic heterocycles. The van der Waals surface area contributed by atoms with Crippen LogP contribution in [0, 0.1) is 12.7 Å². The predicted octanol–water partition coefficient (Wildman–Crippen LogP) is 3.21. The summed E-state index contributed by atoms with van der Waals surface area (Å²) in [4.78, 5) is 16.3. The summed E-state index contributed by atoms with van der Waals surface area (Å²) in [6, 6.07) is 9.41. The minimum absolute atomic E-state index is 0.312. The first-order valence-corrected chi connectivity index (χ1v) is 6.38. The topological polar surface area (TPSA) is 54.0 Å². The third kappa shape index (κ3) is 3.32. The molecule has 1 amide bonds. The van der Waals surface area contributed by atoms with Gasteiger partial charge in [0.15, 0.2) is 0 Å². The number of amides is 1. The Labute approximate surface area is 117 Å². The molecule has 0 aliphatic rings. The van der Waals surface area contributed by atoms with Crippen molar-refractivity contribution in [3.05, 3.63) is 53.5 Å². The number of carbonyl (C=O) groups is 1. The number of benzene rings is 1. The fourth-order valence-corrected chi connectivity index (χ4v) is 1.79. The number of nitrogens with zero attached hydrogens (tertiary/aromatic N) is 1. The van der Waals surface area contributed by atoms with E-state index >= 15 is 0 Å². The number of rotatable bonds is 4. The summed E-state index contributed by atoms with van der Waals surface area (Å²) >= 11 is 0. The van der Waals surface area contributed by atoms with Crippen molar-refractivity contribution in [1.82, 2.24) is 4.98 Å². The minimum atomic E-state index is -0.326. The Bertz CT molecular complexity index is 628. The van der Waals surface area contributed by atoms with Crippen molar-refractivity contribution in [3.63, 3.8) is 0 Å². The van der Waals surface area contributed by atoms with Crippen LogP contribution in [-0.2, 0) is 0 Å². The van der Waals surface area contributed by atoms with Gasteiger partial charge < -0.3 is 10.6 Å². The molecule has 1 aromatic carbocycles. The number of aromatic nitrogens is 1. The van der Waals surface area contributed by atoms with Crippen LogP contribution >= 0.6 is 0 Å². The number of hydrogen-bond donors (Lipinski definition) is 2. The van der Waals surface area contributed by atoms with Gasteiger partial charge in [-0.1, -0.05) is 6.07 Å². The Morgan fingerprint density at radius 1 is 1.30 bits per heavy atom. The Morgan fingerprint density at radius 3 is 2.80 bits per heavy atom. The summed E-state index contributed by atoms with van der Waals surface area (Å²) in [6.07, 6.45) is 0. The number of halogens is 1. The maximum absolute atomic E-state index is 13.0. The third-order valence-corrected chi connectivity index (χ3v) is 2.78. The highest BCUT2D eigenvalue weighted by Gasteiger charge is 2.10. The first-order valence-electron chi connectivity index (χ1n) is 6.38. The van der Waals surface area contributed by atoms with Gasteiger partial charge in [0, 0.05) is 12.2 Å². The van der Waals surface area contributed by atoms with Crippen LogP contribution in [0.5, 0.6) is 0 Å². The highest BCUT2D eigenvalue weighted by Crippen LogP contribution is 2.16. The lowest BCUT2D eigenvalue weighted by molar-refractivity contribution is 0.102. The van der Waals surface area contributed by atoms with Crippen molar-refractivity contribution >= 4 is 17.4 Å². The van der Waals surface area contributed by atoms with Gasteiger partial charge >= 0.3 is 0 Å². The Balaban J connectivity index is 2.17. The van der Waals surface area contributed by atoms with Crippen LogP contribution in [-0.4, -0.2) is 17.4 Å². The molecule has 4 nitrogen and oxygen atoms in total. The molecule has 0 aliphatic carbocycles. The molecule has 0 spiro atoms. The van der Waals surface area contributed by atoms with E-state index in [-0.39, 0.29) is 11.7 Å². The van der Waals surface area contributed by atoms with Gasteiger partial charge in [-0.3, -0.25) is 4.79 Å². The molecule has 0 radical (unpaired) electrons. The SMILES string of the molecule is CCNc1cccc(C(=O)Nc2ccc(F)cc2C)n1. The Kier molecular flexibility index (Phi) is 4.30. The molecule has 5 heteroatoms. The highest BCUT2D eigenvalue weighted by atomic mass is 19.1. The zero-order valence-electron chi connectivity index (χ0n) is 11.4. The van der Waals surface area contributed by atoms with Crippen molar-refractivity contribution in [1.29, 1.82) is 0 Å². The number of aryl methyl sites for hydroxylation is 1. The second-order valence-electron chi connectivity index (χ2n) is 4.35. The van der Waals surface area contributed by atoms with E-state index in [1.807, 2.05) is 6.92 Å². The van der Waals surface area contributed by atoms with Crippen molar-refractivity contribution in [3.8, 4) is 0 Å². The first-order chi connectivity index (χ1) is 9.60. The molecule has 0 bridgehead atoms. The Morgan fingerprint density at radius 2 is 2.10 bits per heavy atom. The van der Waals surface area contributed by atoms with E-state index < -0.39 is 0 Å². The maximum atomic E-state index is 13.0. The zero-order valence-corrected chi connectivity index (χ0v) is 11.4. The molecule has 1 heterocycles. The average molecular weight is 273 g/mol. The molecule has 0 aliphatic heterocycles. The summed E-state index contributed by atoms with van der Waals surface area (Å²) in [5, 5.41) is 5.77. The molecule has 2 aromatic rings. The molecule has 104 valence electrons. The quantitative estimate of drug-likeness (QED) is 0.899. The molecule has 2 rings (SSSR count). The molecular formula is C15H16FN3O. The monoisotopic (exact) mass is 273 g/mol. The van der Waals surface area contributed by atoms with Gasteiger partial charge in [0.1, 0.15) is 17.3 Å². The minimum Gasteiger partial charge on any atom is -0.370 e. The number of anilines is 2. The second-order valence-corrected chi connectivity index (χ2v) is 4.35. The van der Waals surface area contributed by atoms with Crippen molar-refractivity contribution < 1.29 is 9.18 Å². The van der Waals surface area contributed by atoms with Crippen LogP contribution in [0.4, 0.5) is 15.9 Å². The van der Waals surface area contributed by atoms with Gasteiger partial charge in [0.05, 0.1) is 0 Å². The first kappa shape index (κ1) is 14.0. The summed E-state index contributed by atoms with van der Waals surface area (Å²) < 4.78 is 13.0. The van der Waals surface area contributed by atoms with Crippen LogP contribution < -0.4 is 10.6 Å². The zero-order chi connectivity index (χ0) is 14.5. The number of carbonyl (C=O) groups excluding carboxylic acids is 1. The van der Waals surface area contributed by atoms with E-state index in [0.29, 0.717) is 22.8 Å². The van der Waals surface area contributed by atoms with Crippen LogP contribution in [0.25, 0.3) is 0 Å². The Hall–Kier alpha value is -2.43. The van der Waals surface area contributed by atoms with Crippen molar-refractivity contribution in [2.45, 2.75) is 13.8 Å². The van der Waals surface area contributed by atoms with E-state index in [0.717, 1.165) is 6.54 Å². The van der Waals surface area contributed by atoms with Gasteiger partial charge in [0.2, 0.25) is 0 Å². The average Bonchev–Trinajstić information content (AvgIpc) is 2.42. The summed E-state index contributed by atoms with van der Waals surface area (Å²) in [6.45, 7) is 4.42. The lowest BCUT2D eigenvalue weighted by Crippen LogP contribution is -2.15. The predicted molar refractivity (Wildman–Crippen MR) is 77.5 cm³/mol. The number of pyridine rings is 1. The van der Waals surface area contributed by atoms with Crippen LogP contribution in [0.3, 0.4) is 0 Å². The maximum Gasteiger partial charge on any atom is 0.274 e. The molecule has 2 N–H and O–H groups in total. The van der Waals surface area contributed by atoms with Gasteiger partial charge in [0.25, 0.3) is 5.91 Å². The van der Waals surface area contributed by atoms with E-state index in [2.05, 4.69) is 15.6 Å². The summed E-state index contributed by atoms with van der Waals surface area (Å²) in [7, 11) is 0. The lowest BCUT2D eigenvalue weighted by Gasteiger charge is -2.09. The summed E-state index contributed by atoms with van der Waals surface area (Å²) in [5.74, 6) is 0.00297. The normalized spacial score (nSPS) is 10.2. The largest absolute Gasteiger partial charge is 0.370 e. The molecule has 0 unspecified atom stereocenters. The van der Waals surface area contributed by atoms with Gasteiger partial charge in [-0.2, -0.15) is 0 Å². The standard InChI is InChI=1S/C15H16FN3O/c1-3-17-14-6-4-5-13(18-14)15(20)19-12-8-7-11(16)9-10(12)2/h4-9H,3H2,1-2H3,(H,17,18)(H,19,20). The van der Waals surface area contributed by atoms with E-state index in [9.17, 15) is 9.18 Å². The fraction of sp³-hybridized carbons (Fsp3) is 0.200. The van der Waals surface area contributed by atoms with E-state index in [4.69, 9.17) is 0 Å². The lowest BCUT2D eigenvalue weighted by atomic mass is 10.2. The molecule has 0 saturated heterocycles. The van der Waals surface area contributed by atoms with Gasteiger partial charge in [-0.15, -0.1) is 0 Å². The van der Waals surface area contributed by atoms with Gasteiger partial charge in [-0.05, 0) is 49.7 Å². The van der Waals surface area contributed by atoms with E-state index in [1.165, 1.54) is 18.2 Å². The highest BCUT2D eigenvalue weighted by molar-refractivity contribution is 6.03. The number of nitrogens with one attached hydrogen (secondary N) is 2. The molecule has 0 atom stereocenters. The van der Waals surface area contributed by atoms with Crippen LogP contribution in [0.1, 0.15) is 23.0 Å². The fourth-order valence-electron chi connectivity index (χ4n) is 1.79. The van der Waals surface area contributed by atoms with Crippen molar-refractivity contribution in [2.75, 3.05) is 17.2 Å². The van der Waals surface area contributed by atoms with Crippen LogP contribution in [0.15, 0.2) is 36.4 Å². The molecule has 0 saturated carbocycles. The molecule has 20 heavy (non-hydrogen) atoms. The van der Waals surface area contributed by atoms with Gasteiger partial charge in [-0.25, -0.2) is 9.37 Å². The van der Waals surface area contributed by atoms with Crippen molar-refractivity contribution in [2.24, 2.45) is 0 Å². The smallest absolute Gasteiger partial charge is 0.274 e. The van der Waals surface area contributed by atoms with Crippen LogP contribution in [0.2, 0.25) is 0 Å². The van der Waals surface area contributed by atoms with E-state index in [1.54, 1.807) is 25.1 Å². The number of hydrogen-bond acceptors (Lipinski definition) is 3. The summed E-state index contributed by atoms with van der Waals surface area (Å²) in [5.41, 5.74) is 1.56. The third-order valence-electron chi connectivity index (χ3n) is 2.78. The molecular weight excluding hydrogens is 257 g/mol. The second kappa shape index (κ2) is 6.14.